The Balaban J connectivity index is 1.87. The fraction of sp³-hybridized carbons (Fsp3) is 0.400. The lowest BCUT2D eigenvalue weighted by atomic mass is 9.93. The van der Waals surface area contributed by atoms with E-state index in [1.807, 2.05) is 30.0 Å². The van der Waals surface area contributed by atoms with Crippen LogP contribution in [0.5, 0.6) is 0 Å². The maximum absolute atomic E-state index is 13.1. The zero-order chi connectivity index (χ0) is 18.5. The molecule has 1 atom stereocenters. The maximum atomic E-state index is 13.1. The Morgan fingerprint density at radius 3 is 2.73 bits per heavy atom. The molecule has 0 unspecified atom stereocenters. The van der Waals surface area contributed by atoms with Gasteiger partial charge in [0.1, 0.15) is 5.88 Å². The second kappa shape index (κ2) is 8.69. The van der Waals surface area contributed by atoms with Gasteiger partial charge in [-0.2, -0.15) is 0 Å². The molecule has 26 heavy (non-hydrogen) atoms. The number of benzene rings is 1. The third-order valence-corrected chi connectivity index (χ3v) is 5.91. The summed E-state index contributed by atoms with van der Waals surface area (Å²) < 4.78 is 0. The van der Waals surface area contributed by atoms with E-state index >= 15 is 0 Å². The van der Waals surface area contributed by atoms with E-state index in [0.717, 1.165) is 18.4 Å². The van der Waals surface area contributed by atoms with Gasteiger partial charge in [0.05, 0.1) is 12.6 Å². The van der Waals surface area contributed by atoms with E-state index in [9.17, 15) is 9.59 Å². The van der Waals surface area contributed by atoms with Crippen LogP contribution in [0.25, 0.3) is 0 Å². The van der Waals surface area contributed by atoms with Crippen molar-refractivity contribution < 1.29 is 9.59 Å². The zero-order valence-electron chi connectivity index (χ0n) is 14.9. The van der Waals surface area contributed by atoms with Crippen LogP contribution in [-0.2, 0) is 16.0 Å². The Morgan fingerprint density at radius 1 is 1.27 bits per heavy atom. The highest BCUT2D eigenvalue weighted by Gasteiger charge is 2.33. The van der Waals surface area contributed by atoms with E-state index in [-0.39, 0.29) is 30.3 Å². The lowest BCUT2D eigenvalue weighted by Crippen LogP contribution is -2.47. The van der Waals surface area contributed by atoms with Gasteiger partial charge >= 0.3 is 0 Å². The monoisotopic (exact) mass is 390 g/mol. The second-order valence-electron chi connectivity index (χ2n) is 6.40. The molecule has 6 heteroatoms. The summed E-state index contributed by atoms with van der Waals surface area (Å²) in [6.07, 6.45) is 1.66. The summed E-state index contributed by atoms with van der Waals surface area (Å²) >= 11 is 7.46. The molecule has 0 bridgehead atoms. The number of hydrogen-bond donors (Lipinski definition) is 0. The lowest BCUT2D eigenvalue weighted by molar-refractivity contribution is -0.140. The topological polar surface area (TPSA) is 40.6 Å². The molecule has 0 saturated carbocycles. The number of carbonyl (C=O) groups excluding carboxylic acids is 2. The summed E-state index contributed by atoms with van der Waals surface area (Å²) in [6.45, 7) is 3.29. The van der Waals surface area contributed by atoms with E-state index in [1.54, 1.807) is 16.2 Å². The predicted octanol–water partition coefficient (Wildman–Crippen LogP) is 3.70. The van der Waals surface area contributed by atoms with Crippen LogP contribution >= 0.6 is 22.9 Å². The van der Waals surface area contributed by atoms with E-state index in [0.29, 0.717) is 13.1 Å². The minimum atomic E-state index is -0.189. The molecule has 2 aromatic rings. The number of carbonyl (C=O) groups is 2. The molecule has 1 aliphatic rings. The van der Waals surface area contributed by atoms with Crippen molar-refractivity contribution in [3.05, 3.63) is 57.8 Å². The Bertz CT molecular complexity index is 762. The SMILES string of the molecule is CCCN(CC(=O)N1CCc2sccc2[C@@H]1c1ccccc1)C(=O)CCl. The highest BCUT2D eigenvalue weighted by molar-refractivity contribution is 7.10. The van der Waals surface area contributed by atoms with Crippen molar-refractivity contribution in [1.29, 1.82) is 0 Å². The molecule has 0 radical (unpaired) electrons. The quantitative estimate of drug-likeness (QED) is 0.705. The highest BCUT2D eigenvalue weighted by atomic mass is 35.5. The molecular formula is C20H23ClN2O2S. The minimum Gasteiger partial charge on any atom is -0.332 e. The predicted molar refractivity (Wildman–Crippen MR) is 106 cm³/mol. The highest BCUT2D eigenvalue weighted by Crippen LogP contribution is 2.37. The van der Waals surface area contributed by atoms with Crippen LogP contribution in [0.4, 0.5) is 0 Å². The first-order valence-corrected chi connectivity index (χ1v) is 10.3. The summed E-state index contributed by atoms with van der Waals surface area (Å²) in [5.41, 5.74) is 2.30. The molecule has 2 amide bonds. The summed E-state index contributed by atoms with van der Waals surface area (Å²) in [4.78, 5) is 30.0. The fourth-order valence-corrected chi connectivity index (χ4v) is 4.55. The average molecular weight is 391 g/mol. The van der Waals surface area contributed by atoms with Gasteiger partial charge in [-0.05, 0) is 35.4 Å². The molecule has 0 aliphatic carbocycles. The van der Waals surface area contributed by atoms with Crippen molar-refractivity contribution in [3.8, 4) is 0 Å². The normalized spacial score (nSPS) is 16.2. The smallest absolute Gasteiger partial charge is 0.242 e. The van der Waals surface area contributed by atoms with Crippen LogP contribution in [0.3, 0.4) is 0 Å². The number of nitrogens with zero attached hydrogens (tertiary/aromatic N) is 2. The molecular weight excluding hydrogens is 368 g/mol. The van der Waals surface area contributed by atoms with Crippen molar-refractivity contribution >= 4 is 34.8 Å². The van der Waals surface area contributed by atoms with Gasteiger partial charge in [0.2, 0.25) is 11.8 Å². The molecule has 2 heterocycles. The third-order valence-electron chi connectivity index (χ3n) is 4.69. The standard InChI is InChI=1S/C20H23ClN2O2S/c1-2-10-22(18(24)13-21)14-19(25)23-11-8-17-16(9-12-26-17)20(23)15-6-4-3-5-7-15/h3-7,9,12,20H,2,8,10-11,13-14H2,1H3/t20-/m0/s1. The van der Waals surface area contributed by atoms with E-state index in [4.69, 9.17) is 11.6 Å². The molecule has 1 aromatic carbocycles. The first-order valence-electron chi connectivity index (χ1n) is 8.90. The zero-order valence-corrected chi connectivity index (χ0v) is 16.4. The maximum Gasteiger partial charge on any atom is 0.242 e. The minimum absolute atomic E-state index is 0.0254. The number of halogens is 1. The molecule has 0 saturated heterocycles. The largest absolute Gasteiger partial charge is 0.332 e. The average Bonchev–Trinajstić information content (AvgIpc) is 3.15. The van der Waals surface area contributed by atoms with Crippen LogP contribution in [0.15, 0.2) is 41.8 Å². The van der Waals surface area contributed by atoms with Gasteiger partial charge < -0.3 is 9.80 Å². The number of hydrogen-bond acceptors (Lipinski definition) is 3. The number of rotatable bonds is 6. The van der Waals surface area contributed by atoms with Crippen LogP contribution in [0, 0.1) is 0 Å². The van der Waals surface area contributed by atoms with Crippen LogP contribution < -0.4 is 0 Å². The summed E-state index contributed by atoms with van der Waals surface area (Å²) in [6, 6.07) is 12.1. The van der Waals surface area contributed by atoms with Gasteiger partial charge in [-0.1, -0.05) is 37.3 Å². The first-order chi connectivity index (χ1) is 12.7. The molecule has 1 aromatic heterocycles. The van der Waals surface area contributed by atoms with Gasteiger partial charge in [-0.15, -0.1) is 22.9 Å². The summed E-state index contributed by atoms with van der Waals surface area (Å²) in [5, 5.41) is 2.09. The lowest BCUT2D eigenvalue weighted by Gasteiger charge is -2.37. The Labute approximate surface area is 163 Å². The van der Waals surface area contributed by atoms with Gasteiger partial charge in [-0.25, -0.2) is 0 Å². The number of amides is 2. The van der Waals surface area contributed by atoms with Crippen LogP contribution in [0.1, 0.15) is 35.4 Å². The van der Waals surface area contributed by atoms with Crippen molar-refractivity contribution in [2.24, 2.45) is 0 Å². The molecule has 0 fully saturated rings. The van der Waals surface area contributed by atoms with Crippen molar-refractivity contribution in [1.82, 2.24) is 9.80 Å². The fourth-order valence-electron chi connectivity index (χ4n) is 3.48. The Kier molecular flexibility index (Phi) is 6.33. The molecule has 1 aliphatic heterocycles. The molecule has 0 N–H and O–H groups in total. The molecule has 0 spiro atoms. The van der Waals surface area contributed by atoms with E-state index in [1.165, 1.54) is 10.4 Å². The Hall–Kier alpha value is -1.85. The summed E-state index contributed by atoms with van der Waals surface area (Å²) in [5.74, 6) is -0.307. The van der Waals surface area contributed by atoms with Gasteiger partial charge in [0.25, 0.3) is 0 Å². The number of thiophene rings is 1. The molecule has 3 rings (SSSR count). The van der Waals surface area contributed by atoms with Crippen molar-refractivity contribution in [2.45, 2.75) is 25.8 Å². The summed E-state index contributed by atoms with van der Waals surface area (Å²) in [7, 11) is 0. The second-order valence-corrected chi connectivity index (χ2v) is 7.67. The van der Waals surface area contributed by atoms with Crippen molar-refractivity contribution in [3.63, 3.8) is 0 Å². The number of fused-ring (bicyclic) bond motifs is 1. The number of alkyl halides is 1. The first kappa shape index (κ1) is 18.9. The van der Waals surface area contributed by atoms with Crippen LogP contribution in [0.2, 0.25) is 0 Å². The van der Waals surface area contributed by atoms with Gasteiger partial charge in [0, 0.05) is 18.0 Å². The van der Waals surface area contributed by atoms with E-state index < -0.39 is 0 Å². The third kappa shape index (κ3) is 3.94. The molecule has 138 valence electrons. The van der Waals surface area contributed by atoms with Gasteiger partial charge in [0.15, 0.2) is 0 Å². The molecule has 4 nitrogen and oxygen atoms in total. The van der Waals surface area contributed by atoms with Crippen LogP contribution in [-0.4, -0.2) is 47.1 Å². The van der Waals surface area contributed by atoms with E-state index in [2.05, 4.69) is 23.6 Å². The van der Waals surface area contributed by atoms with Crippen molar-refractivity contribution in [2.75, 3.05) is 25.5 Å². The Morgan fingerprint density at radius 2 is 2.04 bits per heavy atom. The van der Waals surface area contributed by atoms with Gasteiger partial charge in [-0.3, -0.25) is 9.59 Å².